The Labute approximate surface area is 125 Å². The summed E-state index contributed by atoms with van der Waals surface area (Å²) in [6, 6.07) is 8.62. The summed E-state index contributed by atoms with van der Waals surface area (Å²) in [5.74, 6) is -0.723. The lowest BCUT2D eigenvalue weighted by atomic mass is 10.2. The summed E-state index contributed by atoms with van der Waals surface area (Å²) < 4.78 is 41.8. The van der Waals surface area contributed by atoms with Crippen molar-refractivity contribution < 1.29 is 22.7 Å². The highest BCUT2D eigenvalue weighted by atomic mass is 19.4. The van der Waals surface area contributed by atoms with Gasteiger partial charge in [0, 0.05) is 24.0 Å². The first-order valence-electron chi connectivity index (χ1n) is 6.51. The van der Waals surface area contributed by atoms with Crippen LogP contribution in [0.2, 0.25) is 0 Å². The van der Waals surface area contributed by atoms with E-state index in [0.717, 1.165) is 23.5 Å². The summed E-state index contributed by atoms with van der Waals surface area (Å²) in [7, 11) is 1.89. The molecule has 0 spiro atoms. The van der Waals surface area contributed by atoms with Gasteiger partial charge >= 0.3 is 6.36 Å². The maximum absolute atomic E-state index is 12.0. The molecule has 0 saturated heterocycles. The van der Waals surface area contributed by atoms with Gasteiger partial charge in [0.15, 0.2) is 0 Å². The average molecular weight is 312 g/mol. The standard InChI is InChI=1S/C15H15F3N2O2/c1-10-3-6-12(20(10)2)9-19-14(21)11-4-7-13(8-5-11)22-15(16,17)18/h3-8H,9H2,1-2H3,(H,19,21). The average Bonchev–Trinajstić information content (AvgIpc) is 2.75. The molecule has 0 unspecified atom stereocenters. The third-order valence-electron chi connectivity index (χ3n) is 3.26. The third-order valence-corrected chi connectivity index (χ3v) is 3.26. The molecule has 1 aromatic heterocycles. The van der Waals surface area contributed by atoms with E-state index >= 15 is 0 Å². The molecule has 7 heteroatoms. The van der Waals surface area contributed by atoms with Crippen molar-refractivity contribution in [3.05, 3.63) is 53.3 Å². The van der Waals surface area contributed by atoms with Crippen LogP contribution >= 0.6 is 0 Å². The van der Waals surface area contributed by atoms with Gasteiger partial charge in [0.05, 0.1) is 6.54 Å². The minimum atomic E-state index is -4.74. The molecule has 0 aliphatic carbocycles. The maximum Gasteiger partial charge on any atom is 0.573 e. The number of hydrogen-bond acceptors (Lipinski definition) is 2. The SMILES string of the molecule is Cc1ccc(CNC(=O)c2ccc(OC(F)(F)F)cc2)n1C. The molecule has 0 saturated carbocycles. The van der Waals surface area contributed by atoms with Gasteiger partial charge < -0.3 is 14.6 Å². The van der Waals surface area contributed by atoms with Crippen molar-refractivity contribution in [2.75, 3.05) is 0 Å². The molecule has 0 radical (unpaired) electrons. The normalized spacial score (nSPS) is 11.3. The van der Waals surface area contributed by atoms with Crippen LogP contribution in [0.4, 0.5) is 13.2 Å². The first kappa shape index (κ1) is 15.9. The molecule has 1 heterocycles. The minimum Gasteiger partial charge on any atom is -0.406 e. The van der Waals surface area contributed by atoms with Crippen molar-refractivity contribution in [1.82, 2.24) is 9.88 Å². The third kappa shape index (κ3) is 4.03. The number of aryl methyl sites for hydroxylation is 1. The molecule has 22 heavy (non-hydrogen) atoms. The lowest BCUT2D eigenvalue weighted by molar-refractivity contribution is -0.274. The Morgan fingerprint density at radius 3 is 2.32 bits per heavy atom. The quantitative estimate of drug-likeness (QED) is 0.942. The van der Waals surface area contributed by atoms with Crippen LogP contribution in [0.5, 0.6) is 5.75 Å². The molecule has 4 nitrogen and oxygen atoms in total. The van der Waals surface area contributed by atoms with Gasteiger partial charge in [-0.15, -0.1) is 13.2 Å². The predicted octanol–water partition coefficient (Wildman–Crippen LogP) is 3.16. The fourth-order valence-corrected chi connectivity index (χ4v) is 1.93. The molecule has 2 rings (SSSR count). The van der Waals surface area contributed by atoms with Crippen molar-refractivity contribution >= 4 is 5.91 Å². The monoisotopic (exact) mass is 312 g/mol. The molecule has 2 aromatic rings. The fraction of sp³-hybridized carbons (Fsp3) is 0.267. The molecule has 1 N–H and O–H groups in total. The van der Waals surface area contributed by atoms with Crippen molar-refractivity contribution in [1.29, 1.82) is 0 Å². The summed E-state index contributed by atoms with van der Waals surface area (Å²) in [6.45, 7) is 2.29. The van der Waals surface area contributed by atoms with E-state index in [1.165, 1.54) is 12.1 Å². The van der Waals surface area contributed by atoms with Gasteiger partial charge in [-0.1, -0.05) is 0 Å². The van der Waals surface area contributed by atoms with Crippen LogP contribution in [0.1, 0.15) is 21.7 Å². The number of amides is 1. The zero-order valence-electron chi connectivity index (χ0n) is 12.1. The van der Waals surface area contributed by atoms with Crippen molar-refractivity contribution in [2.24, 2.45) is 7.05 Å². The highest BCUT2D eigenvalue weighted by Gasteiger charge is 2.31. The Bertz CT molecular complexity index is 660. The smallest absolute Gasteiger partial charge is 0.406 e. The largest absolute Gasteiger partial charge is 0.573 e. The van der Waals surface area contributed by atoms with Gasteiger partial charge in [-0.05, 0) is 43.3 Å². The van der Waals surface area contributed by atoms with E-state index in [4.69, 9.17) is 0 Å². The van der Waals surface area contributed by atoms with Crippen molar-refractivity contribution in [2.45, 2.75) is 19.8 Å². The van der Waals surface area contributed by atoms with Gasteiger partial charge in [-0.2, -0.15) is 0 Å². The fourth-order valence-electron chi connectivity index (χ4n) is 1.93. The number of rotatable bonds is 4. The van der Waals surface area contributed by atoms with Gasteiger partial charge in [0.2, 0.25) is 0 Å². The topological polar surface area (TPSA) is 43.3 Å². The number of nitrogens with zero attached hydrogens (tertiary/aromatic N) is 1. The number of carbonyl (C=O) groups is 1. The van der Waals surface area contributed by atoms with Gasteiger partial charge in [-0.3, -0.25) is 4.79 Å². The number of halogens is 3. The van der Waals surface area contributed by atoms with E-state index in [9.17, 15) is 18.0 Å². The first-order valence-corrected chi connectivity index (χ1v) is 6.51. The molecule has 0 bridgehead atoms. The lowest BCUT2D eigenvalue weighted by Crippen LogP contribution is -2.24. The summed E-state index contributed by atoms with van der Waals surface area (Å²) in [4.78, 5) is 11.9. The number of carbonyl (C=O) groups excluding carboxylic acids is 1. The number of nitrogens with one attached hydrogen (secondary N) is 1. The molecule has 1 aromatic carbocycles. The van der Waals surface area contributed by atoms with Crippen LogP contribution in [0.15, 0.2) is 36.4 Å². The Balaban J connectivity index is 1.97. The van der Waals surface area contributed by atoms with E-state index in [1.807, 2.05) is 30.7 Å². The van der Waals surface area contributed by atoms with Gasteiger partial charge in [0.25, 0.3) is 5.91 Å². The van der Waals surface area contributed by atoms with Crippen LogP contribution in [-0.4, -0.2) is 16.8 Å². The van der Waals surface area contributed by atoms with E-state index in [2.05, 4.69) is 10.1 Å². The predicted molar refractivity (Wildman–Crippen MR) is 74.4 cm³/mol. The van der Waals surface area contributed by atoms with Gasteiger partial charge in [0.1, 0.15) is 5.75 Å². The molecule has 118 valence electrons. The summed E-state index contributed by atoms with van der Waals surface area (Å²) in [5.41, 5.74) is 2.27. The summed E-state index contributed by atoms with van der Waals surface area (Å²) in [5, 5.41) is 2.71. The molecule has 0 aliphatic rings. The summed E-state index contributed by atoms with van der Waals surface area (Å²) >= 11 is 0. The van der Waals surface area contributed by atoms with E-state index in [1.54, 1.807) is 0 Å². The molecule has 0 aliphatic heterocycles. The Hall–Kier alpha value is -2.44. The van der Waals surface area contributed by atoms with Crippen LogP contribution in [-0.2, 0) is 13.6 Å². The maximum atomic E-state index is 12.0. The molecular weight excluding hydrogens is 297 g/mol. The Morgan fingerprint density at radius 2 is 1.82 bits per heavy atom. The van der Waals surface area contributed by atoms with Crippen LogP contribution < -0.4 is 10.1 Å². The zero-order chi connectivity index (χ0) is 16.3. The second kappa shape index (κ2) is 6.13. The number of alkyl halides is 3. The van der Waals surface area contributed by atoms with Crippen LogP contribution in [0.3, 0.4) is 0 Å². The van der Waals surface area contributed by atoms with Crippen molar-refractivity contribution in [3.63, 3.8) is 0 Å². The first-order chi connectivity index (χ1) is 10.3. The molecule has 1 amide bonds. The Kier molecular flexibility index (Phi) is 4.44. The number of hydrogen-bond donors (Lipinski definition) is 1. The second-order valence-electron chi connectivity index (χ2n) is 4.78. The van der Waals surface area contributed by atoms with E-state index in [0.29, 0.717) is 6.54 Å². The van der Waals surface area contributed by atoms with Gasteiger partial charge in [-0.25, -0.2) is 0 Å². The zero-order valence-corrected chi connectivity index (χ0v) is 12.1. The van der Waals surface area contributed by atoms with Crippen LogP contribution in [0.25, 0.3) is 0 Å². The highest BCUT2D eigenvalue weighted by molar-refractivity contribution is 5.94. The number of benzene rings is 1. The molecule has 0 atom stereocenters. The highest BCUT2D eigenvalue weighted by Crippen LogP contribution is 2.22. The van der Waals surface area contributed by atoms with E-state index in [-0.39, 0.29) is 17.2 Å². The van der Waals surface area contributed by atoms with E-state index < -0.39 is 6.36 Å². The lowest BCUT2D eigenvalue weighted by Gasteiger charge is -2.10. The second-order valence-corrected chi connectivity index (χ2v) is 4.78. The number of aromatic nitrogens is 1. The van der Waals surface area contributed by atoms with Crippen LogP contribution in [0, 0.1) is 6.92 Å². The molecular formula is C15H15F3N2O2. The summed E-state index contributed by atoms with van der Waals surface area (Å²) in [6.07, 6.45) is -4.74. The number of ether oxygens (including phenoxy) is 1. The van der Waals surface area contributed by atoms with Crippen molar-refractivity contribution in [3.8, 4) is 5.75 Å². The minimum absolute atomic E-state index is 0.264. The molecule has 0 fully saturated rings. The Morgan fingerprint density at radius 1 is 1.18 bits per heavy atom.